The van der Waals surface area contributed by atoms with Gasteiger partial charge < -0.3 is 4.90 Å². The molecule has 9 nitrogen and oxygen atoms in total. The SMILES string of the molecule is CC(c1cccnc1)N(C)C(=O)c1cn(-c2cccc([N+](=O)[O-])c2)nn1. The molecule has 2 aromatic heterocycles. The van der Waals surface area contributed by atoms with Gasteiger partial charge in [0.05, 0.1) is 22.8 Å². The molecule has 0 bridgehead atoms. The van der Waals surface area contributed by atoms with E-state index >= 15 is 0 Å². The number of rotatable bonds is 5. The molecule has 132 valence electrons. The molecule has 0 saturated carbocycles. The van der Waals surface area contributed by atoms with Gasteiger partial charge in [-0.2, -0.15) is 0 Å². The van der Waals surface area contributed by atoms with Crippen molar-refractivity contribution in [3.63, 3.8) is 0 Å². The van der Waals surface area contributed by atoms with E-state index in [4.69, 9.17) is 0 Å². The molecule has 3 aromatic rings. The minimum Gasteiger partial charge on any atom is -0.333 e. The Hall–Kier alpha value is -3.62. The largest absolute Gasteiger partial charge is 0.333 e. The fourth-order valence-electron chi connectivity index (χ4n) is 2.44. The van der Waals surface area contributed by atoms with Gasteiger partial charge in [0.2, 0.25) is 0 Å². The molecule has 1 amide bonds. The summed E-state index contributed by atoms with van der Waals surface area (Å²) in [6.07, 6.45) is 4.82. The van der Waals surface area contributed by atoms with E-state index in [0.717, 1.165) is 5.56 Å². The average Bonchev–Trinajstić information content (AvgIpc) is 3.17. The lowest BCUT2D eigenvalue weighted by molar-refractivity contribution is -0.384. The Labute approximate surface area is 149 Å². The number of nitrogens with zero attached hydrogens (tertiary/aromatic N) is 6. The fraction of sp³-hybridized carbons (Fsp3) is 0.176. The summed E-state index contributed by atoms with van der Waals surface area (Å²) in [5, 5.41) is 18.7. The van der Waals surface area contributed by atoms with Crippen LogP contribution in [0, 0.1) is 10.1 Å². The van der Waals surface area contributed by atoms with Gasteiger partial charge in [-0.15, -0.1) is 5.10 Å². The molecule has 0 radical (unpaired) electrons. The van der Waals surface area contributed by atoms with E-state index in [1.807, 2.05) is 19.1 Å². The number of aromatic nitrogens is 4. The summed E-state index contributed by atoms with van der Waals surface area (Å²) in [5.74, 6) is -0.307. The van der Waals surface area contributed by atoms with Crippen LogP contribution in [0.2, 0.25) is 0 Å². The van der Waals surface area contributed by atoms with Crippen molar-refractivity contribution in [2.45, 2.75) is 13.0 Å². The van der Waals surface area contributed by atoms with Crippen LogP contribution in [-0.2, 0) is 0 Å². The summed E-state index contributed by atoms with van der Waals surface area (Å²) in [5.41, 5.74) is 1.44. The van der Waals surface area contributed by atoms with Crippen LogP contribution in [0.4, 0.5) is 5.69 Å². The highest BCUT2D eigenvalue weighted by Gasteiger charge is 2.22. The van der Waals surface area contributed by atoms with Gasteiger partial charge in [-0.3, -0.25) is 19.9 Å². The Morgan fingerprint density at radius 1 is 1.31 bits per heavy atom. The molecular formula is C17H16N6O3. The number of hydrogen-bond donors (Lipinski definition) is 0. The van der Waals surface area contributed by atoms with Gasteiger partial charge in [-0.05, 0) is 24.6 Å². The summed E-state index contributed by atoms with van der Waals surface area (Å²) in [6, 6.07) is 9.45. The third-order valence-electron chi connectivity index (χ3n) is 4.09. The molecule has 1 unspecified atom stereocenters. The van der Waals surface area contributed by atoms with Crippen LogP contribution in [0.15, 0.2) is 55.0 Å². The Kier molecular flexibility index (Phi) is 4.70. The van der Waals surface area contributed by atoms with E-state index in [1.165, 1.54) is 23.0 Å². The number of nitro benzene ring substituents is 1. The number of non-ortho nitro benzene ring substituents is 1. The molecule has 1 aromatic carbocycles. The normalized spacial score (nSPS) is 11.8. The van der Waals surface area contributed by atoms with Crippen LogP contribution in [0.1, 0.15) is 29.0 Å². The average molecular weight is 352 g/mol. The Morgan fingerprint density at radius 2 is 2.12 bits per heavy atom. The van der Waals surface area contributed by atoms with Crippen LogP contribution in [0.5, 0.6) is 0 Å². The van der Waals surface area contributed by atoms with Crippen LogP contribution in [-0.4, -0.2) is 42.8 Å². The molecule has 0 N–H and O–H groups in total. The van der Waals surface area contributed by atoms with E-state index in [9.17, 15) is 14.9 Å². The van der Waals surface area contributed by atoms with Crippen molar-refractivity contribution in [2.75, 3.05) is 7.05 Å². The first-order chi connectivity index (χ1) is 12.5. The fourth-order valence-corrected chi connectivity index (χ4v) is 2.44. The lowest BCUT2D eigenvalue weighted by Gasteiger charge is -2.24. The monoisotopic (exact) mass is 352 g/mol. The predicted octanol–water partition coefficient (Wildman–Crippen LogP) is 2.40. The van der Waals surface area contributed by atoms with Crippen molar-refractivity contribution in [2.24, 2.45) is 0 Å². The van der Waals surface area contributed by atoms with Crippen LogP contribution >= 0.6 is 0 Å². The highest BCUT2D eigenvalue weighted by molar-refractivity contribution is 5.92. The van der Waals surface area contributed by atoms with Gasteiger partial charge in [-0.25, -0.2) is 4.68 Å². The first-order valence-electron chi connectivity index (χ1n) is 7.81. The maximum atomic E-state index is 12.7. The molecule has 9 heteroatoms. The number of hydrogen-bond acceptors (Lipinski definition) is 6. The summed E-state index contributed by atoms with van der Waals surface area (Å²) in [4.78, 5) is 28.7. The number of amides is 1. The third-order valence-corrected chi connectivity index (χ3v) is 4.09. The van der Waals surface area contributed by atoms with Gasteiger partial charge >= 0.3 is 0 Å². The van der Waals surface area contributed by atoms with E-state index in [-0.39, 0.29) is 23.3 Å². The van der Waals surface area contributed by atoms with Crippen molar-refractivity contribution >= 4 is 11.6 Å². The maximum absolute atomic E-state index is 12.7. The van der Waals surface area contributed by atoms with Crippen molar-refractivity contribution in [3.05, 3.63) is 76.4 Å². The minimum atomic E-state index is -0.490. The second-order valence-electron chi connectivity index (χ2n) is 5.70. The number of nitro groups is 1. The zero-order valence-electron chi connectivity index (χ0n) is 14.2. The summed E-state index contributed by atoms with van der Waals surface area (Å²) >= 11 is 0. The quantitative estimate of drug-likeness (QED) is 0.515. The molecule has 0 fully saturated rings. The maximum Gasteiger partial charge on any atom is 0.276 e. The highest BCUT2D eigenvalue weighted by atomic mass is 16.6. The molecule has 0 aliphatic carbocycles. The van der Waals surface area contributed by atoms with Crippen molar-refractivity contribution in [1.82, 2.24) is 24.9 Å². The first kappa shape index (κ1) is 17.2. The number of carbonyl (C=O) groups is 1. The lowest BCUT2D eigenvalue weighted by atomic mass is 10.1. The van der Waals surface area contributed by atoms with Crippen molar-refractivity contribution in [1.29, 1.82) is 0 Å². The molecule has 3 rings (SSSR count). The standard InChI is InChI=1S/C17H16N6O3/c1-12(13-5-4-8-18-10-13)21(2)17(24)16-11-22(20-19-16)14-6-3-7-15(9-14)23(25)26/h3-12H,1-2H3. The van der Waals surface area contributed by atoms with Gasteiger partial charge in [0.15, 0.2) is 5.69 Å². The van der Waals surface area contributed by atoms with Crippen LogP contribution in [0.3, 0.4) is 0 Å². The molecule has 1 atom stereocenters. The molecule has 0 saturated heterocycles. The molecule has 0 spiro atoms. The summed E-state index contributed by atoms with van der Waals surface area (Å²) in [7, 11) is 1.67. The van der Waals surface area contributed by atoms with Crippen LogP contribution < -0.4 is 0 Å². The zero-order chi connectivity index (χ0) is 18.7. The van der Waals surface area contributed by atoms with E-state index in [0.29, 0.717) is 5.69 Å². The smallest absolute Gasteiger partial charge is 0.276 e. The zero-order valence-corrected chi connectivity index (χ0v) is 14.2. The van der Waals surface area contributed by atoms with Gasteiger partial charge in [0.1, 0.15) is 0 Å². The first-order valence-corrected chi connectivity index (χ1v) is 7.81. The van der Waals surface area contributed by atoms with E-state index in [1.54, 1.807) is 36.5 Å². The second kappa shape index (κ2) is 7.09. The Morgan fingerprint density at radius 3 is 2.81 bits per heavy atom. The second-order valence-corrected chi connectivity index (χ2v) is 5.70. The Bertz CT molecular complexity index is 940. The van der Waals surface area contributed by atoms with Gasteiger partial charge in [0.25, 0.3) is 11.6 Å². The summed E-state index contributed by atoms with van der Waals surface area (Å²) in [6.45, 7) is 1.89. The Balaban J connectivity index is 1.82. The number of benzene rings is 1. The van der Waals surface area contributed by atoms with Crippen molar-refractivity contribution in [3.8, 4) is 5.69 Å². The van der Waals surface area contributed by atoms with Gasteiger partial charge in [-0.1, -0.05) is 17.3 Å². The molecule has 0 aliphatic rings. The highest BCUT2D eigenvalue weighted by Crippen LogP contribution is 2.20. The third kappa shape index (κ3) is 3.41. The molecular weight excluding hydrogens is 336 g/mol. The molecule has 26 heavy (non-hydrogen) atoms. The predicted molar refractivity (Wildman–Crippen MR) is 92.8 cm³/mol. The van der Waals surface area contributed by atoms with Gasteiger partial charge in [0, 0.05) is 31.6 Å². The molecule has 2 heterocycles. The van der Waals surface area contributed by atoms with E-state index in [2.05, 4.69) is 15.3 Å². The summed E-state index contributed by atoms with van der Waals surface area (Å²) < 4.78 is 1.34. The number of pyridine rings is 1. The van der Waals surface area contributed by atoms with Crippen molar-refractivity contribution < 1.29 is 9.72 Å². The van der Waals surface area contributed by atoms with E-state index < -0.39 is 4.92 Å². The lowest BCUT2D eigenvalue weighted by Crippen LogP contribution is -2.30. The number of carbonyl (C=O) groups excluding carboxylic acids is 1. The minimum absolute atomic E-state index is 0.0619. The topological polar surface area (TPSA) is 107 Å². The van der Waals surface area contributed by atoms with Crippen LogP contribution in [0.25, 0.3) is 5.69 Å². The molecule has 0 aliphatic heterocycles.